The minimum atomic E-state index is 0.637. The highest BCUT2D eigenvalue weighted by atomic mass is 32.1. The molecule has 104 valence electrons. The van der Waals surface area contributed by atoms with Gasteiger partial charge in [0.15, 0.2) is 5.11 Å². The monoisotopic (exact) mass is 279 g/mol. The predicted octanol–water partition coefficient (Wildman–Crippen LogP) is 2.64. The maximum Gasteiger partial charge on any atom is 0.189 e. The summed E-state index contributed by atoms with van der Waals surface area (Å²) in [6.45, 7) is 3.04. The van der Waals surface area contributed by atoms with E-state index < -0.39 is 0 Å². The first-order valence-corrected chi connectivity index (χ1v) is 6.77. The third-order valence-electron chi connectivity index (χ3n) is 2.60. The highest BCUT2D eigenvalue weighted by molar-refractivity contribution is 7.80. The summed E-state index contributed by atoms with van der Waals surface area (Å²) in [6.07, 6.45) is 4.03. The highest BCUT2D eigenvalue weighted by Crippen LogP contribution is 2.09. The molecule has 0 aliphatic rings. The van der Waals surface area contributed by atoms with Crippen LogP contribution in [-0.4, -0.2) is 37.0 Å². The number of unbranched alkanes of at least 4 members (excludes halogenated alkanes) is 1. The minimum absolute atomic E-state index is 0.637. The standard InChI is InChI=1S/C14H21N3OS/c1-4-5-10-15-14(19)17(2)16-11-12-6-8-13(18-3)9-7-12/h6-9,11H,4-5,10H2,1-3H3,(H,15,19)/b16-11-. The second kappa shape index (κ2) is 8.48. The van der Waals surface area contributed by atoms with Gasteiger partial charge in [-0.1, -0.05) is 13.3 Å². The lowest BCUT2D eigenvalue weighted by Crippen LogP contribution is -2.34. The van der Waals surface area contributed by atoms with Gasteiger partial charge in [-0.25, -0.2) is 5.01 Å². The Morgan fingerprint density at radius 3 is 2.68 bits per heavy atom. The van der Waals surface area contributed by atoms with Crippen LogP contribution in [0.2, 0.25) is 0 Å². The molecule has 1 N–H and O–H groups in total. The molecule has 0 atom stereocenters. The van der Waals surface area contributed by atoms with E-state index in [0.717, 1.165) is 30.7 Å². The molecule has 1 rings (SSSR count). The molecule has 0 amide bonds. The molecule has 0 bridgehead atoms. The second-order valence-electron chi connectivity index (χ2n) is 4.13. The lowest BCUT2D eigenvalue weighted by atomic mass is 10.2. The molecule has 0 fully saturated rings. The van der Waals surface area contributed by atoms with Crippen molar-refractivity contribution in [1.29, 1.82) is 0 Å². The summed E-state index contributed by atoms with van der Waals surface area (Å²) < 4.78 is 5.10. The van der Waals surface area contributed by atoms with Crippen LogP contribution in [0.5, 0.6) is 5.75 Å². The van der Waals surface area contributed by atoms with Gasteiger partial charge < -0.3 is 10.1 Å². The number of thiocarbonyl (C=S) groups is 1. The van der Waals surface area contributed by atoms with Crippen LogP contribution in [0.1, 0.15) is 25.3 Å². The maximum atomic E-state index is 5.23. The summed E-state index contributed by atoms with van der Waals surface area (Å²) in [5, 5.41) is 9.75. The van der Waals surface area contributed by atoms with Gasteiger partial charge in [0, 0.05) is 13.6 Å². The van der Waals surface area contributed by atoms with Gasteiger partial charge in [0.1, 0.15) is 5.75 Å². The molecule has 0 saturated heterocycles. The minimum Gasteiger partial charge on any atom is -0.497 e. The number of nitrogens with zero attached hydrogens (tertiary/aromatic N) is 2. The molecule has 0 aliphatic carbocycles. The molecule has 0 aromatic heterocycles. The fraction of sp³-hybridized carbons (Fsp3) is 0.429. The largest absolute Gasteiger partial charge is 0.497 e. The highest BCUT2D eigenvalue weighted by Gasteiger charge is 2.00. The predicted molar refractivity (Wildman–Crippen MR) is 83.9 cm³/mol. The zero-order valence-corrected chi connectivity index (χ0v) is 12.5. The van der Waals surface area contributed by atoms with Crippen molar-refractivity contribution in [3.8, 4) is 5.75 Å². The van der Waals surface area contributed by atoms with Crippen molar-refractivity contribution >= 4 is 23.5 Å². The Bertz CT molecular complexity index is 417. The molecule has 5 heteroatoms. The van der Waals surface area contributed by atoms with Crippen LogP contribution in [0.3, 0.4) is 0 Å². The van der Waals surface area contributed by atoms with Crippen LogP contribution in [0.15, 0.2) is 29.4 Å². The molecular formula is C14H21N3OS. The van der Waals surface area contributed by atoms with E-state index in [1.807, 2.05) is 31.3 Å². The number of hydrazone groups is 1. The van der Waals surface area contributed by atoms with Crippen molar-refractivity contribution in [2.45, 2.75) is 19.8 Å². The fourth-order valence-corrected chi connectivity index (χ4v) is 1.53. The van der Waals surface area contributed by atoms with Crippen LogP contribution >= 0.6 is 12.2 Å². The van der Waals surface area contributed by atoms with E-state index in [1.54, 1.807) is 18.3 Å². The Morgan fingerprint density at radius 1 is 1.42 bits per heavy atom. The Hall–Kier alpha value is -1.62. The number of rotatable bonds is 6. The van der Waals surface area contributed by atoms with Crippen LogP contribution in [0.25, 0.3) is 0 Å². The lowest BCUT2D eigenvalue weighted by molar-refractivity contribution is 0.415. The van der Waals surface area contributed by atoms with Gasteiger partial charge in [-0.05, 0) is 48.5 Å². The van der Waals surface area contributed by atoms with Gasteiger partial charge in [0.05, 0.1) is 13.3 Å². The summed E-state index contributed by atoms with van der Waals surface area (Å²) in [7, 11) is 3.48. The Morgan fingerprint density at radius 2 is 2.11 bits per heavy atom. The van der Waals surface area contributed by atoms with Crippen LogP contribution in [0, 0.1) is 0 Å². The Balaban J connectivity index is 2.47. The number of nitrogens with one attached hydrogen (secondary N) is 1. The maximum absolute atomic E-state index is 5.23. The van der Waals surface area contributed by atoms with E-state index in [1.165, 1.54) is 0 Å². The molecule has 0 unspecified atom stereocenters. The van der Waals surface area contributed by atoms with Crippen LogP contribution in [-0.2, 0) is 0 Å². The Labute approximate surface area is 120 Å². The molecule has 0 spiro atoms. The smallest absolute Gasteiger partial charge is 0.189 e. The number of ether oxygens (including phenoxy) is 1. The molecular weight excluding hydrogens is 258 g/mol. The topological polar surface area (TPSA) is 36.9 Å². The first-order valence-electron chi connectivity index (χ1n) is 6.37. The van der Waals surface area contributed by atoms with E-state index in [9.17, 15) is 0 Å². The van der Waals surface area contributed by atoms with E-state index in [2.05, 4.69) is 17.3 Å². The van der Waals surface area contributed by atoms with Gasteiger partial charge >= 0.3 is 0 Å². The summed E-state index contributed by atoms with van der Waals surface area (Å²) in [5.74, 6) is 0.835. The SMILES string of the molecule is CCCCNC(=S)N(C)/N=C\c1ccc(OC)cc1. The normalized spacial score (nSPS) is 10.5. The van der Waals surface area contributed by atoms with E-state index in [-0.39, 0.29) is 0 Å². The number of benzene rings is 1. The fourth-order valence-electron chi connectivity index (χ4n) is 1.38. The average Bonchev–Trinajstić information content (AvgIpc) is 2.45. The van der Waals surface area contributed by atoms with Crippen molar-refractivity contribution in [2.24, 2.45) is 5.10 Å². The van der Waals surface area contributed by atoms with Crippen molar-refractivity contribution < 1.29 is 4.74 Å². The first kappa shape index (κ1) is 15.4. The van der Waals surface area contributed by atoms with Crippen LogP contribution in [0.4, 0.5) is 0 Å². The van der Waals surface area contributed by atoms with Crippen molar-refractivity contribution in [3.63, 3.8) is 0 Å². The van der Waals surface area contributed by atoms with Gasteiger partial charge in [-0.15, -0.1) is 0 Å². The molecule has 0 saturated carbocycles. The van der Waals surface area contributed by atoms with Crippen LogP contribution < -0.4 is 10.1 Å². The summed E-state index contributed by atoms with van der Waals surface area (Å²) >= 11 is 5.23. The number of hydrogen-bond donors (Lipinski definition) is 1. The summed E-state index contributed by atoms with van der Waals surface area (Å²) in [6, 6.07) is 7.70. The Kier molecular flexibility index (Phi) is 6.89. The summed E-state index contributed by atoms with van der Waals surface area (Å²) in [4.78, 5) is 0. The number of methoxy groups -OCH3 is 1. The zero-order valence-electron chi connectivity index (χ0n) is 11.7. The molecule has 0 aliphatic heterocycles. The molecule has 0 radical (unpaired) electrons. The lowest BCUT2D eigenvalue weighted by Gasteiger charge is -2.15. The number of hydrogen-bond acceptors (Lipinski definition) is 3. The third kappa shape index (κ3) is 5.70. The first-order chi connectivity index (χ1) is 9.17. The van der Waals surface area contributed by atoms with E-state index in [0.29, 0.717) is 5.11 Å². The van der Waals surface area contributed by atoms with Gasteiger partial charge in [0.25, 0.3) is 0 Å². The van der Waals surface area contributed by atoms with Crippen molar-refractivity contribution in [2.75, 3.05) is 20.7 Å². The summed E-state index contributed by atoms with van der Waals surface area (Å²) in [5.41, 5.74) is 1.00. The quantitative estimate of drug-likeness (QED) is 0.376. The van der Waals surface area contributed by atoms with E-state index >= 15 is 0 Å². The molecule has 0 heterocycles. The van der Waals surface area contributed by atoms with Crippen molar-refractivity contribution in [1.82, 2.24) is 10.3 Å². The molecule has 19 heavy (non-hydrogen) atoms. The van der Waals surface area contributed by atoms with E-state index in [4.69, 9.17) is 17.0 Å². The van der Waals surface area contributed by atoms with Gasteiger partial charge in [-0.2, -0.15) is 5.10 Å². The van der Waals surface area contributed by atoms with Gasteiger partial charge in [-0.3, -0.25) is 0 Å². The zero-order chi connectivity index (χ0) is 14.1. The molecule has 4 nitrogen and oxygen atoms in total. The van der Waals surface area contributed by atoms with Crippen molar-refractivity contribution in [3.05, 3.63) is 29.8 Å². The molecule has 1 aromatic carbocycles. The third-order valence-corrected chi connectivity index (χ3v) is 3.00. The second-order valence-corrected chi connectivity index (χ2v) is 4.51. The van der Waals surface area contributed by atoms with Gasteiger partial charge in [0.2, 0.25) is 0 Å². The average molecular weight is 279 g/mol. The molecule has 1 aromatic rings.